The van der Waals surface area contributed by atoms with Crippen LogP contribution >= 0.6 is 11.3 Å². The van der Waals surface area contributed by atoms with Crippen molar-refractivity contribution in [2.45, 2.75) is 12.5 Å². The van der Waals surface area contributed by atoms with Gasteiger partial charge in [0.05, 0.1) is 12.7 Å². The summed E-state index contributed by atoms with van der Waals surface area (Å²) in [7, 11) is 1.28. The molecule has 6 nitrogen and oxygen atoms in total. The monoisotopic (exact) mass is 403 g/mol. The third-order valence-electron chi connectivity index (χ3n) is 4.59. The molecule has 1 aliphatic rings. The summed E-state index contributed by atoms with van der Waals surface area (Å²) in [5, 5.41) is 5.57. The van der Waals surface area contributed by atoms with Gasteiger partial charge >= 0.3 is 5.97 Å². The van der Waals surface area contributed by atoms with Gasteiger partial charge in [0.2, 0.25) is 5.91 Å². The van der Waals surface area contributed by atoms with Crippen molar-refractivity contribution in [3.05, 3.63) is 53.0 Å². The van der Waals surface area contributed by atoms with E-state index in [0.29, 0.717) is 29.2 Å². The second-order valence-corrected chi connectivity index (χ2v) is 7.14. The highest BCUT2D eigenvalue weighted by molar-refractivity contribution is 7.14. The van der Waals surface area contributed by atoms with Crippen molar-refractivity contribution in [2.24, 2.45) is 0 Å². The normalized spacial score (nSPS) is 16.6. The molecule has 1 aromatic carbocycles. The van der Waals surface area contributed by atoms with Gasteiger partial charge in [0.1, 0.15) is 22.4 Å². The number of esters is 1. The molecule has 1 N–H and O–H groups in total. The van der Waals surface area contributed by atoms with Crippen LogP contribution in [0.3, 0.4) is 0 Å². The minimum absolute atomic E-state index is 0.0277. The Labute approximate surface area is 162 Å². The highest BCUT2D eigenvalue weighted by Gasteiger charge is 2.35. The van der Waals surface area contributed by atoms with E-state index in [1.807, 2.05) is 0 Å². The quantitative estimate of drug-likeness (QED) is 0.675. The molecule has 9 heteroatoms. The summed E-state index contributed by atoms with van der Waals surface area (Å²) >= 11 is 1.28. The number of carbonyl (C=O) groups is 2. The zero-order chi connectivity index (χ0) is 19.8. The van der Waals surface area contributed by atoms with Gasteiger partial charge < -0.3 is 15.0 Å². The van der Waals surface area contributed by atoms with Gasteiger partial charge in [0.25, 0.3) is 0 Å². The molecule has 1 atom stereocenters. The fraction of sp³-hybridized carbons (Fsp3) is 0.211. The van der Waals surface area contributed by atoms with Crippen molar-refractivity contribution in [3.8, 4) is 0 Å². The number of aromatic nitrogens is 1. The third-order valence-corrected chi connectivity index (χ3v) is 5.53. The van der Waals surface area contributed by atoms with Gasteiger partial charge in [-0.15, -0.1) is 11.3 Å². The van der Waals surface area contributed by atoms with Crippen LogP contribution in [-0.4, -0.2) is 36.6 Å². The van der Waals surface area contributed by atoms with Crippen LogP contribution in [0.1, 0.15) is 16.8 Å². The van der Waals surface area contributed by atoms with E-state index in [1.54, 1.807) is 17.5 Å². The first kappa shape index (κ1) is 18.3. The van der Waals surface area contributed by atoms with Crippen molar-refractivity contribution in [3.63, 3.8) is 0 Å². The molecule has 0 spiro atoms. The first-order valence-electron chi connectivity index (χ1n) is 8.47. The van der Waals surface area contributed by atoms with Crippen molar-refractivity contribution in [2.75, 3.05) is 23.9 Å². The molecule has 0 bridgehead atoms. The first-order chi connectivity index (χ1) is 13.5. The molecule has 1 saturated heterocycles. The van der Waals surface area contributed by atoms with E-state index in [-0.39, 0.29) is 16.8 Å². The number of nitrogens with one attached hydrogen (secondary N) is 1. The van der Waals surface area contributed by atoms with Crippen LogP contribution in [0.2, 0.25) is 0 Å². The average molecular weight is 403 g/mol. The number of benzene rings is 1. The molecule has 0 aliphatic carbocycles. The fourth-order valence-electron chi connectivity index (χ4n) is 3.28. The number of ether oxygens (including phenoxy) is 1. The Morgan fingerprint density at radius 3 is 2.96 bits per heavy atom. The highest BCUT2D eigenvalue weighted by Crippen LogP contribution is 2.33. The van der Waals surface area contributed by atoms with Gasteiger partial charge in [0, 0.05) is 29.9 Å². The number of pyridine rings is 1. The molecule has 2 aromatic heterocycles. The molecule has 1 amide bonds. The first-order valence-corrected chi connectivity index (χ1v) is 9.35. The summed E-state index contributed by atoms with van der Waals surface area (Å²) < 4.78 is 32.4. The minimum atomic E-state index is -0.765. The van der Waals surface area contributed by atoms with Gasteiger partial charge in [-0.05, 0) is 30.0 Å². The molecule has 3 aromatic rings. The number of carbonyl (C=O) groups excluding carboxylic acids is 2. The van der Waals surface area contributed by atoms with E-state index in [0.717, 1.165) is 6.07 Å². The zero-order valence-corrected chi connectivity index (χ0v) is 15.6. The minimum Gasteiger partial charge on any atom is -0.465 e. The van der Waals surface area contributed by atoms with E-state index in [4.69, 9.17) is 4.74 Å². The second-order valence-electron chi connectivity index (χ2n) is 6.25. The van der Waals surface area contributed by atoms with E-state index in [9.17, 15) is 18.4 Å². The lowest BCUT2D eigenvalue weighted by molar-refractivity contribution is -0.117. The van der Waals surface area contributed by atoms with Crippen molar-refractivity contribution in [1.29, 1.82) is 0 Å². The van der Waals surface area contributed by atoms with E-state index in [1.165, 1.54) is 35.6 Å². The summed E-state index contributed by atoms with van der Waals surface area (Å²) in [6, 6.07) is 4.54. The third kappa shape index (κ3) is 3.07. The summed E-state index contributed by atoms with van der Waals surface area (Å²) in [6.45, 7) is 0.409. The smallest absolute Gasteiger partial charge is 0.340 e. The lowest BCUT2D eigenvalue weighted by Crippen LogP contribution is -2.33. The molecule has 144 valence electrons. The Kier molecular flexibility index (Phi) is 4.68. The second kappa shape index (κ2) is 7.16. The van der Waals surface area contributed by atoms with Crippen LogP contribution in [0, 0.1) is 11.6 Å². The number of rotatable bonds is 4. The summed E-state index contributed by atoms with van der Waals surface area (Å²) in [5.41, 5.74) is 0.780. The van der Waals surface area contributed by atoms with Crippen LogP contribution < -0.4 is 10.2 Å². The number of hydrogen-bond acceptors (Lipinski definition) is 6. The Bertz CT molecular complexity index is 1090. The molecule has 4 rings (SSSR count). The maximum absolute atomic E-state index is 14.0. The van der Waals surface area contributed by atoms with Crippen LogP contribution in [0.5, 0.6) is 0 Å². The molecule has 3 heterocycles. The summed E-state index contributed by atoms with van der Waals surface area (Å²) in [4.78, 5) is 30.3. The van der Waals surface area contributed by atoms with Gasteiger partial charge in [0.15, 0.2) is 5.82 Å². The Balaban J connectivity index is 1.62. The molecule has 0 radical (unpaired) electrons. The Hall–Kier alpha value is -3.07. The van der Waals surface area contributed by atoms with Gasteiger partial charge in [-0.3, -0.25) is 9.78 Å². The zero-order valence-electron chi connectivity index (χ0n) is 14.7. The molecule has 1 fully saturated rings. The number of fused-ring (bicyclic) bond motifs is 1. The molecular formula is C19H15F2N3O3S. The van der Waals surface area contributed by atoms with Crippen LogP contribution in [0.25, 0.3) is 10.9 Å². The summed E-state index contributed by atoms with van der Waals surface area (Å²) in [5.74, 6) is -2.22. The SMILES string of the molecule is COC(=O)c1ccsc1N1CCC(Nc2ccnc3c(F)cc(F)cc23)C1=O. The largest absolute Gasteiger partial charge is 0.465 e. The lowest BCUT2D eigenvalue weighted by atomic mass is 10.1. The van der Waals surface area contributed by atoms with Crippen molar-refractivity contribution < 1.29 is 23.1 Å². The van der Waals surface area contributed by atoms with Gasteiger partial charge in [-0.25, -0.2) is 13.6 Å². The lowest BCUT2D eigenvalue weighted by Gasteiger charge is -2.18. The number of anilines is 2. The van der Waals surface area contributed by atoms with Gasteiger partial charge in [-0.2, -0.15) is 0 Å². The van der Waals surface area contributed by atoms with Crippen molar-refractivity contribution in [1.82, 2.24) is 4.98 Å². The number of hydrogen-bond donors (Lipinski definition) is 1. The highest BCUT2D eigenvalue weighted by atomic mass is 32.1. The molecule has 1 unspecified atom stereocenters. The maximum Gasteiger partial charge on any atom is 0.340 e. The van der Waals surface area contributed by atoms with E-state index in [2.05, 4.69) is 10.3 Å². The number of nitrogens with zero attached hydrogens (tertiary/aromatic N) is 2. The number of thiophene rings is 1. The van der Waals surface area contributed by atoms with Crippen LogP contribution in [-0.2, 0) is 9.53 Å². The van der Waals surface area contributed by atoms with E-state index < -0.39 is 23.6 Å². The predicted molar refractivity (Wildman–Crippen MR) is 102 cm³/mol. The molecule has 0 saturated carbocycles. The average Bonchev–Trinajstić information content (AvgIpc) is 3.29. The number of methoxy groups -OCH3 is 1. The van der Waals surface area contributed by atoms with E-state index >= 15 is 0 Å². The molecule has 28 heavy (non-hydrogen) atoms. The fourth-order valence-corrected chi connectivity index (χ4v) is 4.20. The van der Waals surface area contributed by atoms with Gasteiger partial charge in [-0.1, -0.05) is 0 Å². The van der Waals surface area contributed by atoms with Crippen molar-refractivity contribution >= 4 is 44.8 Å². The topological polar surface area (TPSA) is 71.5 Å². The van der Waals surface area contributed by atoms with Crippen LogP contribution in [0.4, 0.5) is 19.5 Å². The Morgan fingerprint density at radius 1 is 1.36 bits per heavy atom. The molecular weight excluding hydrogens is 388 g/mol. The number of amides is 1. The predicted octanol–water partition coefficient (Wildman–Crippen LogP) is 3.58. The maximum atomic E-state index is 14.0. The Morgan fingerprint density at radius 2 is 2.18 bits per heavy atom. The summed E-state index contributed by atoms with van der Waals surface area (Å²) in [6.07, 6.45) is 1.87. The molecule has 1 aliphatic heterocycles. The standard InChI is InChI=1S/C19H15F2N3O3S/c1-27-19(26)11-4-7-28-18(11)24-6-3-15(17(24)25)23-14-2-5-22-16-12(14)8-10(20)9-13(16)21/h2,4-5,7-9,15H,3,6H2,1H3,(H,22,23). The van der Waals surface area contributed by atoms with Crippen LogP contribution in [0.15, 0.2) is 35.8 Å². The number of halogens is 2.